The number of nitrogens with one attached hydrogen (secondary N) is 2. The van der Waals surface area contributed by atoms with Crippen molar-refractivity contribution in [2.24, 2.45) is 0 Å². The predicted octanol–water partition coefficient (Wildman–Crippen LogP) is 4.39. The molecule has 0 aliphatic heterocycles. The van der Waals surface area contributed by atoms with Crippen LogP contribution in [0.5, 0.6) is 17.2 Å². The number of benzene rings is 2. The smallest absolute Gasteiger partial charge is 0.281 e. The van der Waals surface area contributed by atoms with Crippen LogP contribution in [0.15, 0.2) is 42.5 Å². The molecule has 3 aromatic rings. The standard InChI is InChI=1S/C24H27N3O5S/c1-5-6-13-32-19-12-9-17(14-20(19)31-4)22(28)26-27-23(29)21-15(2)25-24(33-21)16-7-10-18(30-3)11-8-16/h7-12,14H,5-6,13H2,1-4H3,(H,26,28)(H,27,29). The summed E-state index contributed by atoms with van der Waals surface area (Å²) in [4.78, 5) is 30.1. The Morgan fingerprint density at radius 1 is 0.970 bits per heavy atom. The summed E-state index contributed by atoms with van der Waals surface area (Å²) < 4.78 is 16.2. The lowest BCUT2D eigenvalue weighted by Crippen LogP contribution is -2.41. The van der Waals surface area contributed by atoms with Crippen LogP contribution in [0.25, 0.3) is 10.6 Å². The first-order chi connectivity index (χ1) is 16.0. The van der Waals surface area contributed by atoms with Gasteiger partial charge in [-0.15, -0.1) is 11.3 Å². The third-order valence-electron chi connectivity index (χ3n) is 4.81. The summed E-state index contributed by atoms with van der Waals surface area (Å²) in [6.07, 6.45) is 1.94. The highest BCUT2D eigenvalue weighted by Crippen LogP contribution is 2.30. The highest BCUT2D eigenvalue weighted by molar-refractivity contribution is 7.17. The van der Waals surface area contributed by atoms with Crippen LogP contribution in [0.4, 0.5) is 0 Å². The van der Waals surface area contributed by atoms with Gasteiger partial charge in [-0.05, 0) is 55.8 Å². The largest absolute Gasteiger partial charge is 0.497 e. The van der Waals surface area contributed by atoms with E-state index in [0.29, 0.717) is 39.2 Å². The molecule has 0 unspecified atom stereocenters. The first kappa shape index (κ1) is 24.1. The van der Waals surface area contributed by atoms with Crippen LogP contribution in [0, 0.1) is 6.92 Å². The number of thiazole rings is 1. The molecule has 0 aliphatic carbocycles. The minimum Gasteiger partial charge on any atom is -0.497 e. The van der Waals surface area contributed by atoms with Crippen LogP contribution < -0.4 is 25.1 Å². The Morgan fingerprint density at radius 3 is 2.36 bits per heavy atom. The normalized spacial score (nSPS) is 10.4. The number of nitrogens with zero attached hydrogens (tertiary/aromatic N) is 1. The van der Waals surface area contributed by atoms with E-state index < -0.39 is 11.8 Å². The van der Waals surface area contributed by atoms with Gasteiger partial charge in [0.05, 0.1) is 26.5 Å². The van der Waals surface area contributed by atoms with Gasteiger partial charge in [-0.1, -0.05) is 13.3 Å². The van der Waals surface area contributed by atoms with E-state index in [0.717, 1.165) is 24.2 Å². The van der Waals surface area contributed by atoms with Gasteiger partial charge >= 0.3 is 0 Å². The summed E-state index contributed by atoms with van der Waals surface area (Å²) in [6, 6.07) is 12.3. The van der Waals surface area contributed by atoms with Gasteiger partial charge in [0.25, 0.3) is 11.8 Å². The van der Waals surface area contributed by atoms with Gasteiger partial charge in [0.15, 0.2) is 11.5 Å². The Hall–Kier alpha value is -3.59. The zero-order valence-electron chi connectivity index (χ0n) is 19.1. The van der Waals surface area contributed by atoms with Crippen LogP contribution in [0.3, 0.4) is 0 Å². The molecule has 2 amide bonds. The summed E-state index contributed by atoms with van der Waals surface area (Å²) in [7, 11) is 3.11. The van der Waals surface area contributed by atoms with Crippen molar-refractivity contribution in [2.75, 3.05) is 20.8 Å². The Morgan fingerprint density at radius 2 is 1.70 bits per heavy atom. The lowest BCUT2D eigenvalue weighted by Gasteiger charge is -2.12. The fourth-order valence-corrected chi connectivity index (χ4v) is 3.93. The average molecular weight is 470 g/mol. The maximum Gasteiger partial charge on any atom is 0.281 e. The molecule has 1 aromatic heterocycles. The monoisotopic (exact) mass is 469 g/mol. The molecule has 0 saturated heterocycles. The number of carbonyl (C=O) groups excluding carboxylic acids is 2. The lowest BCUT2D eigenvalue weighted by atomic mass is 10.2. The van der Waals surface area contributed by atoms with E-state index in [-0.39, 0.29) is 0 Å². The second-order valence-electron chi connectivity index (χ2n) is 7.14. The second-order valence-corrected chi connectivity index (χ2v) is 8.14. The number of aromatic nitrogens is 1. The van der Waals surface area contributed by atoms with E-state index in [1.807, 2.05) is 24.3 Å². The Balaban J connectivity index is 1.64. The highest BCUT2D eigenvalue weighted by atomic mass is 32.1. The zero-order valence-corrected chi connectivity index (χ0v) is 19.9. The van der Waals surface area contributed by atoms with Crippen molar-refractivity contribution in [1.29, 1.82) is 0 Å². The topological polar surface area (TPSA) is 98.8 Å². The average Bonchev–Trinajstić information content (AvgIpc) is 3.24. The molecule has 0 aliphatic rings. The van der Waals surface area contributed by atoms with Gasteiger partial charge in [-0.2, -0.15) is 0 Å². The summed E-state index contributed by atoms with van der Waals surface area (Å²) in [5, 5.41) is 0.704. The molecule has 2 aromatic carbocycles. The van der Waals surface area contributed by atoms with Crippen molar-refractivity contribution in [3.8, 4) is 27.8 Å². The Bertz CT molecular complexity index is 1110. The van der Waals surface area contributed by atoms with Crippen molar-refractivity contribution < 1.29 is 23.8 Å². The third-order valence-corrected chi connectivity index (χ3v) is 6.02. The highest BCUT2D eigenvalue weighted by Gasteiger charge is 2.18. The van der Waals surface area contributed by atoms with Crippen molar-refractivity contribution >= 4 is 23.2 Å². The number of aryl methyl sites for hydroxylation is 1. The van der Waals surface area contributed by atoms with E-state index in [2.05, 4.69) is 22.8 Å². The third kappa shape index (κ3) is 6.01. The number of hydrogen-bond acceptors (Lipinski definition) is 7. The number of unbranched alkanes of at least 4 members (excludes halogenated alkanes) is 1. The number of methoxy groups -OCH3 is 2. The van der Waals surface area contributed by atoms with Crippen LogP contribution in [0.2, 0.25) is 0 Å². The Kier molecular flexibility index (Phi) is 8.26. The number of hydrogen-bond donors (Lipinski definition) is 2. The van der Waals surface area contributed by atoms with E-state index in [9.17, 15) is 9.59 Å². The molecule has 174 valence electrons. The maximum atomic E-state index is 12.7. The first-order valence-electron chi connectivity index (χ1n) is 10.5. The number of ether oxygens (including phenoxy) is 3. The molecule has 33 heavy (non-hydrogen) atoms. The molecule has 1 heterocycles. The Labute approximate surface area is 196 Å². The number of amides is 2. The fourth-order valence-electron chi connectivity index (χ4n) is 2.96. The number of rotatable bonds is 9. The van der Waals surface area contributed by atoms with E-state index in [4.69, 9.17) is 14.2 Å². The molecular formula is C24H27N3O5S. The molecule has 9 heteroatoms. The van der Waals surface area contributed by atoms with E-state index in [1.165, 1.54) is 18.4 Å². The summed E-state index contributed by atoms with van der Waals surface area (Å²) in [5.74, 6) is 0.846. The maximum absolute atomic E-state index is 12.7. The molecular weight excluding hydrogens is 442 g/mol. The molecule has 0 bridgehead atoms. The van der Waals surface area contributed by atoms with E-state index in [1.54, 1.807) is 32.2 Å². The quantitative estimate of drug-likeness (QED) is 0.356. The predicted molar refractivity (Wildman–Crippen MR) is 127 cm³/mol. The summed E-state index contributed by atoms with van der Waals surface area (Å²) >= 11 is 1.25. The van der Waals surface area contributed by atoms with Crippen molar-refractivity contribution in [1.82, 2.24) is 15.8 Å². The summed E-state index contributed by atoms with van der Waals surface area (Å²) in [6.45, 7) is 4.40. The summed E-state index contributed by atoms with van der Waals surface area (Å²) in [5.41, 5.74) is 6.67. The number of hydrazine groups is 1. The second kappa shape index (κ2) is 11.3. The SMILES string of the molecule is CCCCOc1ccc(C(=O)NNC(=O)c2sc(-c3ccc(OC)cc3)nc2C)cc1OC. The zero-order chi connectivity index (χ0) is 23.8. The molecule has 0 radical (unpaired) electrons. The molecule has 0 atom stereocenters. The van der Waals surface area contributed by atoms with E-state index >= 15 is 0 Å². The van der Waals surface area contributed by atoms with Gasteiger partial charge in [0.1, 0.15) is 15.6 Å². The first-order valence-corrected chi connectivity index (χ1v) is 11.3. The van der Waals surface area contributed by atoms with Gasteiger partial charge in [-0.3, -0.25) is 20.4 Å². The van der Waals surface area contributed by atoms with Crippen LogP contribution in [-0.4, -0.2) is 37.6 Å². The van der Waals surface area contributed by atoms with Crippen LogP contribution >= 0.6 is 11.3 Å². The van der Waals surface area contributed by atoms with Gasteiger partial charge in [0, 0.05) is 11.1 Å². The van der Waals surface area contributed by atoms with Gasteiger partial charge in [0.2, 0.25) is 0 Å². The molecule has 0 spiro atoms. The molecule has 0 fully saturated rings. The van der Waals surface area contributed by atoms with Crippen LogP contribution in [-0.2, 0) is 0 Å². The molecule has 3 rings (SSSR count). The van der Waals surface area contributed by atoms with Gasteiger partial charge in [-0.25, -0.2) is 4.98 Å². The van der Waals surface area contributed by atoms with Crippen LogP contribution in [0.1, 0.15) is 45.5 Å². The van der Waals surface area contributed by atoms with Crippen molar-refractivity contribution in [2.45, 2.75) is 26.7 Å². The van der Waals surface area contributed by atoms with Crippen molar-refractivity contribution in [3.05, 3.63) is 58.6 Å². The van der Waals surface area contributed by atoms with Crippen molar-refractivity contribution in [3.63, 3.8) is 0 Å². The molecule has 8 nitrogen and oxygen atoms in total. The molecule has 2 N–H and O–H groups in total. The minimum absolute atomic E-state index is 0.329. The van der Waals surface area contributed by atoms with Gasteiger partial charge < -0.3 is 14.2 Å². The minimum atomic E-state index is -0.473. The lowest BCUT2D eigenvalue weighted by molar-refractivity contribution is 0.0848. The molecule has 0 saturated carbocycles. The fraction of sp³-hybridized carbons (Fsp3) is 0.292. The number of carbonyl (C=O) groups is 2.